The summed E-state index contributed by atoms with van der Waals surface area (Å²) in [7, 11) is 2.79. The predicted octanol–water partition coefficient (Wildman–Crippen LogP) is 1.38. The van der Waals surface area contributed by atoms with E-state index in [1.165, 1.54) is 74.1 Å². The molecule has 2 aromatic rings. The highest BCUT2D eigenvalue weighted by Crippen LogP contribution is 2.67. The van der Waals surface area contributed by atoms with Crippen LogP contribution < -0.4 is 9.47 Å². The highest BCUT2D eigenvalue weighted by Gasteiger charge is 2.83. The minimum Gasteiger partial charge on any atom is -0.504 e. The number of aromatic hydroxyl groups is 1. The highest BCUT2D eigenvalue weighted by atomic mass is 32.2. The van der Waals surface area contributed by atoms with Crippen molar-refractivity contribution < 1.29 is 48.7 Å². The summed E-state index contributed by atoms with van der Waals surface area (Å²) in [4.78, 5) is 40.2. The number of ether oxygens (including phenoxy) is 4. The molecule has 13 heteroatoms. The number of amides is 2. The Bertz CT molecular complexity index is 1570. The van der Waals surface area contributed by atoms with Gasteiger partial charge in [0, 0.05) is 12.6 Å². The molecule has 2 aromatic carbocycles. The van der Waals surface area contributed by atoms with Gasteiger partial charge in [0.05, 0.1) is 25.2 Å². The van der Waals surface area contributed by atoms with Crippen LogP contribution in [0.3, 0.4) is 0 Å². The van der Waals surface area contributed by atoms with Gasteiger partial charge in [-0.2, -0.15) is 0 Å². The number of nitrogens with zero attached hydrogens (tertiary/aromatic N) is 2. The number of carbonyl (C=O) groups excluding carboxylic acids is 3. The third-order valence-corrected chi connectivity index (χ3v) is 9.89. The monoisotopic (exact) mass is 566 g/mol. The second-order valence-electron chi connectivity index (χ2n) is 9.93. The van der Waals surface area contributed by atoms with Gasteiger partial charge in [0.1, 0.15) is 24.4 Å². The van der Waals surface area contributed by atoms with Gasteiger partial charge in [-0.15, -0.1) is 0 Å². The van der Waals surface area contributed by atoms with E-state index in [2.05, 4.69) is 0 Å². The SMILES string of the molecule is COc1ccc2cc1Oc1cc(ccc1O)[C@H](O)[C@]13S[C@@]4(C(=O)N1C)[C@H](O)C1=COC=C[C@H](OC2=O)[C@H]1N4C3=O. The molecule has 3 fully saturated rings. The van der Waals surface area contributed by atoms with Crippen LogP contribution in [0.4, 0.5) is 0 Å². The van der Waals surface area contributed by atoms with Crippen molar-refractivity contribution >= 4 is 29.5 Å². The molecule has 6 atom stereocenters. The van der Waals surface area contributed by atoms with Gasteiger partial charge in [-0.25, -0.2) is 4.79 Å². The Balaban J connectivity index is 1.48. The van der Waals surface area contributed by atoms with E-state index in [0.717, 1.165) is 16.7 Å². The number of fused-ring (bicyclic) bond motifs is 4. The van der Waals surface area contributed by atoms with Crippen molar-refractivity contribution in [2.45, 2.75) is 34.1 Å². The largest absolute Gasteiger partial charge is 0.504 e. The normalized spacial score (nSPS) is 33.4. The number of esters is 1. The molecule has 40 heavy (non-hydrogen) atoms. The molecule has 206 valence electrons. The number of rotatable bonds is 1. The zero-order chi connectivity index (χ0) is 28.1. The molecule has 2 spiro atoms. The molecule has 7 rings (SSSR count). The molecule has 7 bridgehead atoms. The fraction of sp³-hybridized carbons (Fsp3) is 0.296. The lowest BCUT2D eigenvalue weighted by molar-refractivity contribution is -0.168. The lowest BCUT2D eigenvalue weighted by atomic mass is 9.95. The van der Waals surface area contributed by atoms with Crippen LogP contribution in [0.25, 0.3) is 0 Å². The van der Waals surface area contributed by atoms with Crippen LogP contribution in [0.15, 0.2) is 60.6 Å². The Kier molecular flexibility index (Phi) is 5.06. The van der Waals surface area contributed by atoms with Crippen LogP contribution in [0.1, 0.15) is 22.0 Å². The Morgan fingerprint density at radius 1 is 1.00 bits per heavy atom. The molecule has 3 N–H and O–H groups in total. The van der Waals surface area contributed by atoms with E-state index in [0.29, 0.717) is 0 Å². The average molecular weight is 567 g/mol. The summed E-state index contributed by atoms with van der Waals surface area (Å²) in [5.74, 6) is -2.13. The van der Waals surface area contributed by atoms with Crippen LogP contribution in [0.2, 0.25) is 0 Å². The Labute approximate surface area is 231 Å². The van der Waals surface area contributed by atoms with Crippen molar-refractivity contribution in [3.8, 4) is 23.0 Å². The summed E-state index contributed by atoms with van der Waals surface area (Å²) in [6, 6.07) is 7.25. The van der Waals surface area contributed by atoms with Gasteiger partial charge in [0.25, 0.3) is 11.8 Å². The first-order valence-electron chi connectivity index (χ1n) is 12.3. The van der Waals surface area contributed by atoms with Crippen LogP contribution in [-0.4, -0.2) is 85.1 Å². The van der Waals surface area contributed by atoms with Crippen molar-refractivity contribution in [2.24, 2.45) is 0 Å². The van der Waals surface area contributed by atoms with E-state index in [1.807, 2.05) is 0 Å². The molecule has 0 unspecified atom stereocenters. The van der Waals surface area contributed by atoms with Crippen molar-refractivity contribution in [3.63, 3.8) is 0 Å². The Hall–Kier alpha value is -4.20. The molecule has 12 nitrogen and oxygen atoms in total. The minimum absolute atomic E-state index is 0.0645. The van der Waals surface area contributed by atoms with Gasteiger partial charge in [0.15, 0.2) is 23.0 Å². The van der Waals surface area contributed by atoms with Gasteiger partial charge in [-0.05, 0) is 42.0 Å². The number of likely N-dealkylation sites (N-methyl/N-ethyl adjacent to an activating group) is 1. The third-order valence-electron chi connectivity index (χ3n) is 8.00. The smallest absolute Gasteiger partial charge is 0.338 e. The minimum atomic E-state index is -1.88. The van der Waals surface area contributed by atoms with E-state index in [1.54, 1.807) is 0 Å². The van der Waals surface area contributed by atoms with Gasteiger partial charge < -0.3 is 44.1 Å². The van der Waals surface area contributed by atoms with Gasteiger partial charge in [0.2, 0.25) is 9.74 Å². The number of aliphatic hydroxyl groups is 2. The number of methoxy groups -OCH3 is 1. The van der Waals surface area contributed by atoms with Crippen LogP contribution in [0.5, 0.6) is 23.0 Å². The third kappa shape index (κ3) is 2.86. The Morgan fingerprint density at radius 2 is 1.80 bits per heavy atom. The second-order valence-corrected chi connectivity index (χ2v) is 11.4. The predicted molar refractivity (Wildman–Crippen MR) is 136 cm³/mol. The van der Waals surface area contributed by atoms with Crippen molar-refractivity contribution in [1.82, 2.24) is 9.80 Å². The van der Waals surface area contributed by atoms with E-state index >= 15 is 0 Å². The standard InChI is InChI=1S/C27H22N2O10S/c1-28-24(34)27-22(32)14-11-37-8-7-17-20(14)29(27)25(35)26(28,40-27)21(31)12-3-5-15(30)18(9-12)38-19-10-13(23(33)39-17)4-6-16(19)36-2/h3-11,17,20-22,30-32H,1-2H3/t17-,20-,21-,22+,26+,27+/m0/s1. The molecule has 5 aliphatic rings. The number of hydrogen-bond acceptors (Lipinski definition) is 11. The molecule has 0 aliphatic carbocycles. The Morgan fingerprint density at radius 3 is 2.58 bits per heavy atom. The fourth-order valence-electron chi connectivity index (χ4n) is 6.06. The highest BCUT2D eigenvalue weighted by molar-refractivity contribution is 8.04. The molecular formula is C27H22N2O10S. The maximum atomic E-state index is 14.3. The number of carbonyl (C=O) groups is 3. The number of hydrogen-bond donors (Lipinski definition) is 3. The number of phenols is 1. The summed E-state index contributed by atoms with van der Waals surface area (Å²) in [6.07, 6.45) is -0.376. The van der Waals surface area contributed by atoms with Gasteiger partial charge >= 0.3 is 5.97 Å². The molecule has 0 radical (unpaired) electrons. The zero-order valence-corrected chi connectivity index (χ0v) is 21.8. The van der Waals surface area contributed by atoms with E-state index in [9.17, 15) is 29.7 Å². The molecule has 2 amide bonds. The quantitative estimate of drug-likeness (QED) is 0.429. The van der Waals surface area contributed by atoms with Crippen molar-refractivity contribution in [2.75, 3.05) is 14.2 Å². The summed E-state index contributed by atoms with van der Waals surface area (Å²) in [5.41, 5.74) is 0.398. The number of phenolic OH excluding ortho intramolecular Hbond substituents is 1. The number of benzene rings is 2. The number of thioether (sulfide) groups is 1. The van der Waals surface area contributed by atoms with Crippen LogP contribution in [0, 0.1) is 0 Å². The topological polar surface area (TPSA) is 155 Å². The molecule has 0 saturated carbocycles. The number of piperazine rings is 1. The molecule has 0 aromatic heterocycles. The molecular weight excluding hydrogens is 544 g/mol. The lowest BCUT2D eigenvalue weighted by Gasteiger charge is -2.42. The van der Waals surface area contributed by atoms with E-state index in [-0.39, 0.29) is 39.7 Å². The first kappa shape index (κ1) is 24.8. The molecule has 5 heterocycles. The van der Waals surface area contributed by atoms with Crippen LogP contribution in [-0.2, 0) is 19.1 Å². The van der Waals surface area contributed by atoms with E-state index in [4.69, 9.17) is 18.9 Å². The maximum Gasteiger partial charge on any atom is 0.338 e. The van der Waals surface area contributed by atoms with Crippen molar-refractivity contribution in [3.05, 3.63) is 71.7 Å². The fourth-order valence-corrected chi connectivity index (χ4v) is 7.95. The summed E-state index contributed by atoms with van der Waals surface area (Å²) in [5, 5.41) is 33.9. The van der Waals surface area contributed by atoms with Gasteiger partial charge in [-0.3, -0.25) is 9.59 Å². The summed E-state index contributed by atoms with van der Waals surface area (Å²) >= 11 is 0.821. The van der Waals surface area contributed by atoms with Crippen LogP contribution >= 0.6 is 11.8 Å². The van der Waals surface area contributed by atoms with Crippen molar-refractivity contribution in [1.29, 1.82) is 0 Å². The van der Waals surface area contributed by atoms with E-state index < -0.39 is 51.9 Å². The number of aliphatic hydroxyl groups excluding tert-OH is 2. The van der Waals surface area contributed by atoms with Gasteiger partial charge in [-0.1, -0.05) is 17.8 Å². The summed E-state index contributed by atoms with van der Waals surface area (Å²) < 4.78 is 22.5. The molecule has 5 aliphatic heterocycles. The average Bonchev–Trinajstić information content (AvgIpc) is 3.37. The zero-order valence-electron chi connectivity index (χ0n) is 21.0. The molecule has 3 saturated heterocycles. The first-order valence-corrected chi connectivity index (χ1v) is 13.1. The maximum absolute atomic E-state index is 14.3. The second kappa shape index (κ2) is 8.16. The summed E-state index contributed by atoms with van der Waals surface area (Å²) in [6.45, 7) is 0. The first-order chi connectivity index (χ1) is 19.1. The lowest BCUT2D eigenvalue weighted by Crippen LogP contribution is -2.67.